The number of thioether (sulfide) groups is 1. The van der Waals surface area contributed by atoms with E-state index in [-0.39, 0.29) is 252 Å². The predicted octanol–water partition coefficient (Wildman–Crippen LogP) is -8.10. The first-order valence-electron chi connectivity index (χ1n) is 40.3. The van der Waals surface area contributed by atoms with E-state index in [2.05, 4.69) is 89.5 Å². The molecule has 0 aromatic carbocycles. The number of hydrogen-bond acceptors (Lipinski definition) is 24. The van der Waals surface area contributed by atoms with Crippen LogP contribution in [0, 0.1) is 41.4 Å². The molecule has 0 aliphatic carbocycles. The molecule has 0 aliphatic heterocycles. The van der Waals surface area contributed by atoms with E-state index in [1.54, 1.807) is 13.8 Å². The molecule has 0 radical (unpaired) electrons. The van der Waals surface area contributed by atoms with E-state index in [1.807, 2.05) is 6.26 Å². The van der Waals surface area contributed by atoms with Gasteiger partial charge in [0.2, 0.25) is 41.4 Å². The molecule has 0 aromatic heterocycles. The van der Waals surface area contributed by atoms with Gasteiger partial charge in [0.1, 0.15) is 11.8 Å². The van der Waals surface area contributed by atoms with Gasteiger partial charge in [-0.15, -0.1) is 0 Å². The maximum atomic E-state index is 15.2. The first-order chi connectivity index (χ1) is 57.5. The number of hydrogen-bond donors (Lipinski definition) is 26. The zero-order valence-corrected chi connectivity index (χ0v) is 72.3. The van der Waals surface area contributed by atoms with Gasteiger partial charge in [-0.1, -0.05) is 13.8 Å². The third-order valence-corrected chi connectivity index (χ3v) is 20.2. The van der Waals surface area contributed by atoms with Gasteiger partial charge < -0.3 is 141 Å². The minimum absolute atomic E-state index is 0.00574. The second kappa shape index (κ2) is 63.4. The number of nitrogens with one attached hydrogen (secondary N) is 6. The highest BCUT2D eigenvalue weighted by atomic mass is 32.2. The smallest absolute Gasteiger partial charge is 0.240 e. The Morgan fingerprint density at radius 1 is 0.279 bits per heavy atom. The van der Waals surface area contributed by atoms with E-state index >= 15 is 19.2 Å². The lowest BCUT2D eigenvalue weighted by Crippen LogP contribution is -2.50. The number of rotatable bonds is 70. The number of nitrogens with two attached hydrogens (primary N) is 19. The van der Waals surface area contributed by atoms with Crippen molar-refractivity contribution >= 4 is 154 Å². The van der Waals surface area contributed by atoms with Crippen molar-refractivity contribution in [2.75, 3.05) is 83.2 Å². The average molecular weight is 1760 g/mol. The number of carbonyl (C=O) groups excluding carboxylic acids is 13. The molecule has 12 atom stereocenters. The predicted molar refractivity (Wildman–Crippen MR) is 477 cm³/mol. The molecular formula is C73H138N34O13S2. The van der Waals surface area contributed by atoms with Crippen LogP contribution in [-0.4, -0.2) is 243 Å². The highest BCUT2D eigenvalue weighted by Gasteiger charge is 2.37. The SMILES string of the molecule is CSC[C@H](C)C(=O)C[C@@H](C)C(=O)NCC(=O)C[C@H](CCCN=C(N)N)C(=O)N[C@H](CCCN=C(N)N)C(=O)C[C@H](CCCN=C(N)N)C(=O)N[C@H](CCCN=C(N)N)C(=O)C[C@H](CCCN=C(N)N)C(=O)N[C@H](CCCN=C(N)N)C(=O)C[C@H](CCCN=C(N)N)C(=O)N[C@H](CCCN=C(N)N)C(=O)C[C@H](CCCN=C(N)N)C(=O)NC(CS)C(N)=O. The van der Waals surface area contributed by atoms with Crippen LogP contribution in [0.15, 0.2) is 44.9 Å². The van der Waals surface area contributed by atoms with Crippen molar-refractivity contribution < 1.29 is 62.3 Å². The summed E-state index contributed by atoms with van der Waals surface area (Å²) in [5, 5.41) is 16.2. The standard InChI is InChI=1S/C73H138N34O13S2/c1-40(31-53(109)41(2)39-122-3)59(115)102-37-47(108)32-42(13-4-22-93-65(75)76)60(116)103-48(18-9-27-98-70(85)86)54(110)33-43(14-5-23-94-66(77)78)61(117)104-49(19-10-28-99-71(87)88)55(111)34-44(15-6-24-95-67(79)80)62(118)105-50(20-11-29-100-72(89)90)56(112)35-45(16-7-25-96-68(81)82)63(119)106-51(21-12-30-101-73(91)92)57(113)36-46(17-8-26-97-69(83)84)64(120)107-52(38-121)58(74)114/h40-46,48-52,121H,4-39H2,1-3H3,(H2,74,114)(H,102,115)(H,103,116)(H,104,117)(H,105,118)(H,106,119)(H,107,120)(H4,75,76,93)(H4,77,78,94)(H4,79,80,95)(H4,81,82,96)(H4,83,84,97)(H4,85,86,98)(H4,87,88,99)(H4,89,90,100)(H4,91,92,101)/t40-,41+,42+,43+,44+,45+,46+,48-,49-,50-,51-,52?/m1/s1. The van der Waals surface area contributed by atoms with E-state index in [0.29, 0.717) is 5.75 Å². The summed E-state index contributed by atoms with van der Waals surface area (Å²) in [6.45, 7) is 2.64. The van der Waals surface area contributed by atoms with Gasteiger partial charge in [-0.3, -0.25) is 107 Å². The normalized spacial score (nSPS) is 13.8. The van der Waals surface area contributed by atoms with Crippen LogP contribution in [0.25, 0.3) is 0 Å². The fraction of sp³-hybridized carbons (Fsp3) is 0.699. The maximum absolute atomic E-state index is 15.2. The molecule has 0 aliphatic rings. The molecule has 44 N–H and O–H groups in total. The summed E-state index contributed by atoms with van der Waals surface area (Å²) in [5.74, 6) is -18.4. The maximum Gasteiger partial charge on any atom is 0.240 e. The van der Waals surface area contributed by atoms with Gasteiger partial charge in [0.25, 0.3) is 0 Å². The molecule has 47 nitrogen and oxygen atoms in total. The Morgan fingerprint density at radius 2 is 0.492 bits per heavy atom. The van der Waals surface area contributed by atoms with E-state index in [4.69, 9.17) is 109 Å². The van der Waals surface area contributed by atoms with E-state index in [9.17, 15) is 43.2 Å². The topological polar surface area (TPSA) is 900 Å². The second-order valence-corrected chi connectivity index (χ2v) is 30.8. The molecule has 0 heterocycles. The second-order valence-electron chi connectivity index (χ2n) is 29.5. The number of guanidine groups is 9. The first-order valence-corrected chi connectivity index (χ1v) is 42.4. The van der Waals surface area contributed by atoms with Crippen molar-refractivity contribution in [1.82, 2.24) is 31.9 Å². The molecule has 0 fully saturated rings. The number of primary amides is 1. The van der Waals surface area contributed by atoms with E-state index < -0.39 is 175 Å². The van der Waals surface area contributed by atoms with Crippen LogP contribution in [0.1, 0.15) is 168 Å². The van der Waals surface area contributed by atoms with Crippen LogP contribution in [-0.2, 0) is 62.3 Å². The molecule has 0 bridgehead atoms. The van der Waals surface area contributed by atoms with Gasteiger partial charge in [0.05, 0.1) is 30.7 Å². The Kier molecular flexibility index (Phi) is 57.4. The van der Waals surface area contributed by atoms with Gasteiger partial charge in [0, 0.05) is 150 Å². The monoisotopic (exact) mass is 1760 g/mol. The zero-order chi connectivity index (χ0) is 92.4. The van der Waals surface area contributed by atoms with Gasteiger partial charge >= 0.3 is 0 Å². The summed E-state index contributed by atoms with van der Waals surface area (Å²) in [5.41, 5.74) is 107. The lowest BCUT2D eigenvalue weighted by atomic mass is 9.88. The molecule has 0 aromatic rings. The molecule has 0 spiro atoms. The molecule has 0 saturated heterocycles. The van der Waals surface area contributed by atoms with Crippen molar-refractivity contribution in [3.63, 3.8) is 0 Å². The molecule has 0 saturated carbocycles. The van der Waals surface area contributed by atoms with Crippen molar-refractivity contribution in [2.45, 2.75) is 198 Å². The lowest BCUT2D eigenvalue weighted by molar-refractivity contribution is -0.136. The number of carbonyl (C=O) groups is 13. The minimum atomic E-state index is -1.46. The average Bonchev–Trinajstić information content (AvgIpc) is 0.848. The number of aliphatic imine (C=N–C) groups is 9. The Bertz CT molecular complexity index is 3620. The number of ketones is 6. The van der Waals surface area contributed by atoms with Crippen LogP contribution >= 0.6 is 24.4 Å². The summed E-state index contributed by atoms with van der Waals surface area (Å²) in [4.78, 5) is 222. The molecular weight excluding hydrogens is 1630 g/mol. The molecule has 1 unspecified atom stereocenters. The third kappa shape index (κ3) is 53.2. The van der Waals surface area contributed by atoms with Crippen molar-refractivity contribution in [3.8, 4) is 0 Å². The van der Waals surface area contributed by atoms with Crippen LogP contribution in [0.4, 0.5) is 0 Å². The Hall–Kier alpha value is -11.6. The quantitative estimate of drug-likeness (QED) is 0.0116. The lowest BCUT2D eigenvalue weighted by Gasteiger charge is -2.27. The number of thiol groups is 1. The zero-order valence-electron chi connectivity index (χ0n) is 70.5. The van der Waals surface area contributed by atoms with Crippen LogP contribution in [0.5, 0.6) is 0 Å². The molecule has 0 rings (SSSR count). The van der Waals surface area contributed by atoms with E-state index in [1.165, 1.54) is 11.8 Å². The highest BCUT2D eigenvalue weighted by Crippen LogP contribution is 2.25. The highest BCUT2D eigenvalue weighted by molar-refractivity contribution is 7.98. The van der Waals surface area contributed by atoms with Crippen LogP contribution in [0.3, 0.4) is 0 Å². The first kappa shape index (κ1) is 110. The molecule has 690 valence electrons. The minimum Gasteiger partial charge on any atom is -0.370 e. The number of Topliss-reactive ketones (excluding diaryl/α,β-unsaturated/α-hetero) is 6. The summed E-state index contributed by atoms with van der Waals surface area (Å²) >= 11 is 5.61. The fourth-order valence-corrected chi connectivity index (χ4v) is 13.4. The van der Waals surface area contributed by atoms with Gasteiger partial charge in [0.15, 0.2) is 82.6 Å². The molecule has 49 heteroatoms. The summed E-state index contributed by atoms with van der Waals surface area (Å²) in [6, 6.07) is -6.87. The summed E-state index contributed by atoms with van der Waals surface area (Å²) in [7, 11) is 0. The third-order valence-electron chi connectivity index (χ3n) is 19.0. The van der Waals surface area contributed by atoms with Gasteiger partial charge in [-0.2, -0.15) is 24.4 Å². The Balaban J connectivity index is 8.14. The summed E-state index contributed by atoms with van der Waals surface area (Å²) < 4.78 is 0. The fourth-order valence-electron chi connectivity index (χ4n) is 12.5. The van der Waals surface area contributed by atoms with Gasteiger partial charge in [-0.05, 0) is 122 Å². The largest absolute Gasteiger partial charge is 0.370 e. The Labute approximate surface area is 721 Å². The Morgan fingerprint density at radius 3 is 0.697 bits per heavy atom. The molecule has 122 heavy (non-hydrogen) atoms. The van der Waals surface area contributed by atoms with Crippen molar-refractivity contribution in [2.24, 2.45) is 195 Å². The van der Waals surface area contributed by atoms with Crippen molar-refractivity contribution in [3.05, 3.63) is 0 Å². The number of nitrogens with zero attached hydrogens (tertiary/aromatic N) is 9. The summed E-state index contributed by atoms with van der Waals surface area (Å²) in [6.07, 6.45) is -0.992. The van der Waals surface area contributed by atoms with E-state index in [0.717, 1.165) is 0 Å². The number of amides is 7. The van der Waals surface area contributed by atoms with Crippen LogP contribution in [0.2, 0.25) is 0 Å². The van der Waals surface area contributed by atoms with Gasteiger partial charge in [-0.25, -0.2) is 0 Å². The van der Waals surface area contributed by atoms with Crippen molar-refractivity contribution in [1.29, 1.82) is 0 Å². The van der Waals surface area contributed by atoms with Crippen LogP contribution < -0.4 is 141 Å². The molecule has 7 amide bonds.